The van der Waals surface area contributed by atoms with E-state index in [0.717, 1.165) is 35.5 Å². The van der Waals surface area contributed by atoms with Crippen molar-refractivity contribution in [1.82, 2.24) is 9.97 Å². The van der Waals surface area contributed by atoms with Crippen LogP contribution in [0.25, 0.3) is 22.5 Å². The Balaban J connectivity index is 1.50. The molecule has 0 unspecified atom stereocenters. The second kappa shape index (κ2) is 24.3. The number of nitrogens with zero attached hydrogens (tertiary/aromatic N) is 4. The molecule has 3 aromatic rings. The summed E-state index contributed by atoms with van der Waals surface area (Å²) in [5.74, 6) is 1.62. The van der Waals surface area contributed by atoms with Gasteiger partial charge in [0, 0.05) is 11.1 Å². The van der Waals surface area contributed by atoms with E-state index in [0.29, 0.717) is 24.6 Å². The third kappa shape index (κ3) is 14.5. The SMILES string of the molecule is CCCCCCCCCCCCOc1ccc(-c2nc(C#N)c(C#N)nc2-c2ccc(OCCCCCCCCCCCC)cc2)cc1. The van der Waals surface area contributed by atoms with E-state index in [9.17, 15) is 10.5 Å². The molecule has 1 heterocycles. The maximum atomic E-state index is 9.66. The van der Waals surface area contributed by atoms with E-state index in [-0.39, 0.29) is 11.4 Å². The Morgan fingerprint density at radius 1 is 0.438 bits per heavy atom. The molecule has 0 fully saturated rings. The minimum atomic E-state index is 0.0222. The van der Waals surface area contributed by atoms with Crippen molar-refractivity contribution < 1.29 is 9.47 Å². The zero-order chi connectivity index (χ0) is 34.1. The predicted octanol–water partition coefficient (Wildman–Crippen LogP) is 12.2. The van der Waals surface area contributed by atoms with E-state index in [2.05, 4.69) is 23.8 Å². The van der Waals surface area contributed by atoms with Crippen LogP contribution in [0.4, 0.5) is 0 Å². The van der Waals surface area contributed by atoms with Gasteiger partial charge < -0.3 is 9.47 Å². The van der Waals surface area contributed by atoms with Crippen LogP contribution in [0, 0.1) is 22.7 Å². The molecule has 2 aromatic carbocycles. The van der Waals surface area contributed by atoms with Crippen molar-refractivity contribution in [2.24, 2.45) is 0 Å². The second-order valence-corrected chi connectivity index (χ2v) is 13.0. The molecule has 48 heavy (non-hydrogen) atoms. The maximum Gasteiger partial charge on any atom is 0.177 e. The van der Waals surface area contributed by atoms with Gasteiger partial charge in [-0.1, -0.05) is 129 Å². The van der Waals surface area contributed by atoms with Crippen LogP contribution in [0.5, 0.6) is 11.5 Å². The molecular formula is C42H58N4O2. The Morgan fingerprint density at radius 3 is 1.02 bits per heavy atom. The highest BCUT2D eigenvalue weighted by Crippen LogP contribution is 2.32. The highest BCUT2D eigenvalue weighted by Gasteiger charge is 2.17. The van der Waals surface area contributed by atoms with Crippen molar-refractivity contribution >= 4 is 0 Å². The lowest BCUT2D eigenvalue weighted by Gasteiger charge is -2.12. The van der Waals surface area contributed by atoms with Crippen LogP contribution in [0.3, 0.4) is 0 Å². The summed E-state index contributed by atoms with van der Waals surface area (Å²) in [4.78, 5) is 9.17. The van der Waals surface area contributed by atoms with Gasteiger partial charge in [-0.2, -0.15) is 10.5 Å². The van der Waals surface area contributed by atoms with Gasteiger partial charge in [0.1, 0.15) is 23.6 Å². The normalized spacial score (nSPS) is 10.8. The molecule has 0 amide bonds. The fourth-order valence-electron chi connectivity index (χ4n) is 5.97. The summed E-state index contributed by atoms with van der Waals surface area (Å²) < 4.78 is 12.0. The molecule has 0 bridgehead atoms. The minimum absolute atomic E-state index is 0.0222. The Morgan fingerprint density at radius 2 is 0.729 bits per heavy atom. The lowest BCUT2D eigenvalue weighted by molar-refractivity contribution is 0.304. The summed E-state index contributed by atoms with van der Waals surface area (Å²) in [6, 6.07) is 19.6. The third-order valence-corrected chi connectivity index (χ3v) is 8.90. The Kier molecular flexibility index (Phi) is 19.5. The highest BCUT2D eigenvalue weighted by molar-refractivity contribution is 5.79. The molecule has 6 nitrogen and oxygen atoms in total. The number of ether oxygens (including phenoxy) is 2. The maximum absolute atomic E-state index is 9.66. The monoisotopic (exact) mass is 650 g/mol. The Hall–Kier alpha value is -3.90. The van der Waals surface area contributed by atoms with Crippen LogP contribution in [0.2, 0.25) is 0 Å². The first-order valence-electron chi connectivity index (χ1n) is 18.9. The first-order chi connectivity index (χ1) is 23.7. The summed E-state index contributed by atoms with van der Waals surface area (Å²) in [5, 5.41) is 19.3. The number of nitriles is 2. The third-order valence-electron chi connectivity index (χ3n) is 8.90. The van der Waals surface area contributed by atoms with E-state index < -0.39 is 0 Å². The summed E-state index contributed by atoms with van der Waals surface area (Å²) in [6.45, 7) is 5.92. The molecule has 6 heteroatoms. The van der Waals surface area contributed by atoms with Gasteiger partial charge in [-0.05, 0) is 61.4 Å². The van der Waals surface area contributed by atoms with Gasteiger partial charge in [0.15, 0.2) is 11.4 Å². The molecular weight excluding hydrogens is 592 g/mol. The van der Waals surface area contributed by atoms with Gasteiger partial charge in [0.2, 0.25) is 0 Å². The Labute approximate surface area is 290 Å². The second-order valence-electron chi connectivity index (χ2n) is 13.0. The van der Waals surface area contributed by atoms with Gasteiger partial charge in [0.05, 0.1) is 24.6 Å². The zero-order valence-electron chi connectivity index (χ0n) is 29.8. The molecule has 0 aliphatic carbocycles. The van der Waals surface area contributed by atoms with Crippen molar-refractivity contribution in [3.8, 4) is 46.2 Å². The van der Waals surface area contributed by atoms with E-state index in [1.54, 1.807) is 0 Å². The summed E-state index contributed by atoms with van der Waals surface area (Å²) in [6.07, 6.45) is 25.9. The molecule has 0 N–H and O–H groups in total. The number of rotatable bonds is 26. The number of aromatic nitrogens is 2. The number of unbranched alkanes of at least 4 members (excludes halogenated alkanes) is 18. The lowest BCUT2D eigenvalue weighted by atomic mass is 10.0. The molecule has 1 aromatic heterocycles. The largest absolute Gasteiger partial charge is 0.494 e. The quantitative estimate of drug-likeness (QED) is 0.0803. The van der Waals surface area contributed by atoms with Crippen LogP contribution in [0.15, 0.2) is 48.5 Å². The average molecular weight is 651 g/mol. The van der Waals surface area contributed by atoms with Gasteiger partial charge in [-0.15, -0.1) is 0 Å². The van der Waals surface area contributed by atoms with Gasteiger partial charge in [-0.3, -0.25) is 0 Å². The molecule has 0 saturated heterocycles. The van der Waals surface area contributed by atoms with Gasteiger partial charge >= 0.3 is 0 Å². The van der Waals surface area contributed by atoms with Crippen LogP contribution >= 0.6 is 0 Å². The zero-order valence-corrected chi connectivity index (χ0v) is 29.8. The fourth-order valence-corrected chi connectivity index (χ4v) is 5.97. The van der Waals surface area contributed by atoms with Crippen LogP contribution in [-0.2, 0) is 0 Å². The van der Waals surface area contributed by atoms with Crippen LogP contribution in [-0.4, -0.2) is 23.2 Å². The van der Waals surface area contributed by atoms with Crippen LogP contribution < -0.4 is 9.47 Å². The van der Waals surface area contributed by atoms with Crippen molar-refractivity contribution in [3.05, 3.63) is 59.9 Å². The average Bonchev–Trinajstić information content (AvgIpc) is 3.13. The Bertz CT molecular complexity index is 1270. The smallest absolute Gasteiger partial charge is 0.177 e. The molecule has 0 aliphatic heterocycles. The van der Waals surface area contributed by atoms with E-state index in [1.807, 2.05) is 60.7 Å². The molecule has 3 rings (SSSR count). The van der Waals surface area contributed by atoms with Crippen molar-refractivity contribution in [2.45, 2.75) is 142 Å². The highest BCUT2D eigenvalue weighted by atomic mass is 16.5. The van der Waals surface area contributed by atoms with E-state index in [4.69, 9.17) is 9.47 Å². The molecule has 0 radical (unpaired) electrons. The van der Waals surface area contributed by atoms with Gasteiger partial charge in [-0.25, -0.2) is 9.97 Å². The van der Waals surface area contributed by atoms with Gasteiger partial charge in [0.25, 0.3) is 0 Å². The minimum Gasteiger partial charge on any atom is -0.494 e. The molecule has 0 saturated carbocycles. The summed E-state index contributed by atoms with van der Waals surface area (Å²) in [7, 11) is 0. The first kappa shape index (κ1) is 38.5. The van der Waals surface area contributed by atoms with E-state index in [1.165, 1.54) is 116 Å². The van der Waals surface area contributed by atoms with Crippen molar-refractivity contribution in [3.63, 3.8) is 0 Å². The number of benzene rings is 2. The molecule has 258 valence electrons. The lowest BCUT2D eigenvalue weighted by Crippen LogP contribution is -2.02. The topological polar surface area (TPSA) is 91.8 Å². The number of hydrogen-bond donors (Lipinski definition) is 0. The number of hydrogen-bond acceptors (Lipinski definition) is 6. The fraction of sp³-hybridized carbons (Fsp3) is 0.571. The predicted molar refractivity (Wildman–Crippen MR) is 197 cm³/mol. The first-order valence-corrected chi connectivity index (χ1v) is 18.9. The van der Waals surface area contributed by atoms with Crippen molar-refractivity contribution in [2.75, 3.05) is 13.2 Å². The summed E-state index contributed by atoms with van der Waals surface area (Å²) >= 11 is 0. The molecule has 0 aliphatic rings. The van der Waals surface area contributed by atoms with E-state index >= 15 is 0 Å². The van der Waals surface area contributed by atoms with Crippen LogP contribution in [0.1, 0.15) is 154 Å². The summed E-state index contributed by atoms with van der Waals surface area (Å²) in [5.41, 5.74) is 2.79. The standard InChI is InChI=1S/C42H58N4O2/c1-3-5-7-9-11-13-15-17-19-21-31-47-37-27-23-35(24-28-37)41-42(46-40(34-44)39(33-43)45-41)36-25-29-38(30-26-36)48-32-22-20-18-16-14-12-10-8-6-4-2/h23-30H,3-22,31-32H2,1-2H3. The molecule has 0 atom stereocenters. The molecule has 0 spiro atoms. The van der Waals surface area contributed by atoms with Crippen molar-refractivity contribution in [1.29, 1.82) is 10.5 Å².